The molecule has 3 aliphatic heterocycles. The van der Waals surface area contributed by atoms with Crippen molar-refractivity contribution in [2.75, 3.05) is 87.1 Å². The molecule has 0 aromatic heterocycles. The zero-order chi connectivity index (χ0) is 39.3. The molecule has 11 heteroatoms. The molecule has 3 heterocycles. The number of likely N-dealkylation sites (tertiary alicyclic amines) is 2. The zero-order valence-corrected chi connectivity index (χ0v) is 35.3. The summed E-state index contributed by atoms with van der Waals surface area (Å²) in [5, 5.41) is 6.23. The molecule has 0 aliphatic carbocycles. The quantitative estimate of drug-likeness (QED) is 0.0866. The van der Waals surface area contributed by atoms with Crippen LogP contribution in [-0.2, 0) is 19.2 Å². The van der Waals surface area contributed by atoms with Crippen LogP contribution in [0.3, 0.4) is 0 Å². The first kappa shape index (κ1) is 45.9. The largest absolute Gasteiger partial charge is 0.356 e. The van der Waals surface area contributed by atoms with Crippen molar-refractivity contribution in [1.82, 2.24) is 35.1 Å². The summed E-state index contributed by atoms with van der Waals surface area (Å²) in [5.74, 6) is -0.291. The van der Waals surface area contributed by atoms with Gasteiger partial charge < -0.3 is 30.2 Å². The van der Waals surface area contributed by atoms with E-state index >= 15 is 0 Å². The van der Waals surface area contributed by atoms with Crippen LogP contribution in [0, 0.1) is 11.8 Å². The molecule has 2 N–H and O–H groups in total. The SMILES string of the molecule is CCCCCCCC/C(=C\CCCCCCCCN1C(=O)C[C@H](C(=O)NCCCN(C)C)[C@H]1C)C[C@@H]1[C@@H](C(=O)NCCN2CCN(C)CC2)CC(=O)N1C. The second-order valence-corrected chi connectivity index (χ2v) is 16.9. The number of piperazine rings is 1. The summed E-state index contributed by atoms with van der Waals surface area (Å²) in [4.78, 5) is 62.4. The van der Waals surface area contributed by atoms with Gasteiger partial charge in [0.25, 0.3) is 0 Å². The molecule has 3 aliphatic rings. The fourth-order valence-corrected chi connectivity index (χ4v) is 8.44. The van der Waals surface area contributed by atoms with Crippen LogP contribution in [0.5, 0.6) is 0 Å². The van der Waals surface area contributed by atoms with Gasteiger partial charge in [0.2, 0.25) is 23.6 Å². The third-order valence-electron chi connectivity index (χ3n) is 12.2. The lowest BCUT2D eigenvalue weighted by Gasteiger charge is -2.32. The molecule has 11 nitrogen and oxygen atoms in total. The molecule has 0 saturated carbocycles. The van der Waals surface area contributed by atoms with E-state index in [1.165, 1.54) is 56.9 Å². The Bertz CT molecular complexity index is 1150. The summed E-state index contributed by atoms with van der Waals surface area (Å²) in [6, 6.07) is -0.113. The highest BCUT2D eigenvalue weighted by molar-refractivity contribution is 5.90. The summed E-state index contributed by atoms with van der Waals surface area (Å²) >= 11 is 0. The number of likely N-dealkylation sites (N-methyl/N-ethyl adjacent to an activating group) is 1. The van der Waals surface area contributed by atoms with E-state index in [0.717, 1.165) is 97.2 Å². The van der Waals surface area contributed by atoms with E-state index in [0.29, 0.717) is 25.9 Å². The second-order valence-electron chi connectivity index (χ2n) is 16.9. The number of unbranched alkanes of at least 4 members (excludes halogenated alkanes) is 11. The minimum atomic E-state index is -0.289. The molecule has 3 fully saturated rings. The number of nitrogens with zero attached hydrogens (tertiary/aromatic N) is 5. The lowest BCUT2D eigenvalue weighted by molar-refractivity contribution is -0.129. The van der Waals surface area contributed by atoms with E-state index in [2.05, 4.69) is 45.4 Å². The van der Waals surface area contributed by atoms with Gasteiger partial charge >= 0.3 is 0 Å². The first-order valence-electron chi connectivity index (χ1n) is 21.9. The van der Waals surface area contributed by atoms with Crippen LogP contribution in [-0.4, -0.2) is 147 Å². The highest BCUT2D eigenvalue weighted by Gasteiger charge is 2.42. The van der Waals surface area contributed by atoms with Crippen LogP contribution in [0.15, 0.2) is 11.6 Å². The standard InChI is InChI=1S/C43H79N7O4/c1-7-8-9-10-14-17-21-36(32-39-38(34-40(51)48(39)6)43(54)45-24-27-49-30-28-47(5)29-31-49)22-18-15-12-11-13-16-19-26-50-35(2)37(33-41(50)52)42(53)44-23-20-25-46(3)4/h22,35,37-39H,7-21,23-34H2,1-6H3,(H,44,53)(H,45,54)/b36-22+/t35-,37+,38+,39-/m1/s1. The maximum Gasteiger partial charge on any atom is 0.225 e. The Labute approximate surface area is 329 Å². The van der Waals surface area contributed by atoms with Crippen molar-refractivity contribution in [2.45, 2.75) is 142 Å². The van der Waals surface area contributed by atoms with Crippen LogP contribution in [0.1, 0.15) is 129 Å². The second kappa shape index (κ2) is 25.6. The lowest BCUT2D eigenvalue weighted by atomic mass is 9.90. The van der Waals surface area contributed by atoms with E-state index in [9.17, 15) is 19.2 Å². The molecule has 3 saturated heterocycles. The molecule has 0 aromatic rings. The molecular formula is C43H79N7O4. The number of hydrogen-bond acceptors (Lipinski definition) is 7. The maximum absolute atomic E-state index is 13.4. The van der Waals surface area contributed by atoms with Crippen molar-refractivity contribution in [2.24, 2.45) is 11.8 Å². The van der Waals surface area contributed by atoms with Crippen molar-refractivity contribution in [3.63, 3.8) is 0 Å². The van der Waals surface area contributed by atoms with Crippen LogP contribution in [0.25, 0.3) is 0 Å². The molecular weight excluding hydrogens is 679 g/mol. The summed E-state index contributed by atoms with van der Waals surface area (Å²) in [5.41, 5.74) is 1.41. The van der Waals surface area contributed by atoms with Gasteiger partial charge in [-0.2, -0.15) is 0 Å². The number of rotatable bonds is 27. The monoisotopic (exact) mass is 758 g/mol. The van der Waals surface area contributed by atoms with E-state index in [1.807, 2.05) is 37.9 Å². The molecule has 3 rings (SSSR count). The average Bonchev–Trinajstić information content (AvgIpc) is 3.59. The summed E-state index contributed by atoms with van der Waals surface area (Å²) in [6.45, 7) is 12.3. The zero-order valence-electron chi connectivity index (χ0n) is 35.3. The van der Waals surface area contributed by atoms with Gasteiger partial charge in [-0.1, -0.05) is 76.4 Å². The minimum Gasteiger partial charge on any atom is -0.356 e. The molecule has 0 aromatic carbocycles. The Hall–Kier alpha value is -2.50. The summed E-state index contributed by atoms with van der Waals surface area (Å²) in [7, 11) is 8.10. The third kappa shape index (κ3) is 16.3. The third-order valence-corrected chi connectivity index (χ3v) is 12.2. The van der Waals surface area contributed by atoms with Crippen LogP contribution >= 0.6 is 0 Å². The van der Waals surface area contributed by atoms with Crippen molar-refractivity contribution < 1.29 is 19.2 Å². The van der Waals surface area contributed by atoms with E-state index < -0.39 is 0 Å². The average molecular weight is 758 g/mol. The first-order valence-corrected chi connectivity index (χ1v) is 21.9. The smallest absolute Gasteiger partial charge is 0.225 e. The van der Waals surface area contributed by atoms with Gasteiger partial charge in [0.15, 0.2) is 0 Å². The maximum atomic E-state index is 13.4. The fourth-order valence-electron chi connectivity index (χ4n) is 8.44. The Morgan fingerprint density at radius 2 is 1.35 bits per heavy atom. The number of allylic oxidation sites excluding steroid dienone is 1. The van der Waals surface area contributed by atoms with Gasteiger partial charge in [-0.15, -0.1) is 0 Å². The van der Waals surface area contributed by atoms with Gasteiger partial charge in [0.1, 0.15) is 0 Å². The van der Waals surface area contributed by atoms with Crippen LogP contribution in [0.4, 0.5) is 0 Å². The van der Waals surface area contributed by atoms with Gasteiger partial charge in [-0.3, -0.25) is 24.1 Å². The van der Waals surface area contributed by atoms with Crippen molar-refractivity contribution in [1.29, 1.82) is 0 Å². The number of amides is 4. The lowest BCUT2D eigenvalue weighted by Crippen LogP contribution is -2.47. The van der Waals surface area contributed by atoms with Gasteiger partial charge in [0.05, 0.1) is 11.8 Å². The minimum absolute atomic E-state index is 0.0162. The first-order chi connectivity index (χ1) is 26.0. The Balaban J connectivity index is 1.40. The van der Waals surface area contributed by atoms with E-state index in [1.54, 1.807) is 0 Å². The molecule has 310 valence electrons. The number of hydrogen-bond donors (Lipinski definition) is 2. The Morgan fingerprint density at radius 3 is 2.06 bits per heavy atom. The van der Waals surface area contributed by atoms with Crippen molar-refractivity contribution >= 4 is 23.6 Å². The molecule has 4 amide bonds. The highest BCUT2D eigenvalue weighted by Crippen LogP contribution is 2.31. The van der Waals surface area contributed by atoms with Crippen LogP contribution < -0.4 is 10.6 Å². The van der Waals surface area contributed by atoms with Crippen LogP contribution in [0.2, 0.25) is 0 Å². The highest BCUT2D eigenvalue weighted by atomic mass is 16.2. The summed E-state index contributed by atoms with van der Waals surface area (Å²) < 4.78 is 0. The predicted octanol–water partition coefficient (Wildman–Crippen LogP) is 5.30. The van der Waals surface area contributed by atoms with Gasteiger partial charge in [-0.05, 0) is 79.6 Å². The molecule has 0 bridgehead atoms. The summed E-state index contributed by atoms with van der Waals surface area (Å²) in [6.07, 6.45) is 21.1. The van der Waals surface area contributed by atoms with Crippen molar-refractivity contribution in [3.8, 4) is 0 Å². The number of carbonyl (C=O) groups is 4. The predicted molar refractivity (Wildman–Crippen MR) is 220 cm³/mol. The van der Waals surface area contributed by atoms with Gasteiger partial charge in [0, 0.05) is 84.3 Å². The number of nitrogens with one attached hydrogen (secondary N) is 2. The van der Waals surface area contributed by atoms with Crippen molar-refractivity contribution in [3.05, 3.63) is 11.6 Å². The van der Waals surface area contributed by atoms with E-state index in [4.69, 9.17) is 0 Å². The van der Waals surface area contributed by atoms with E-state index in [-0.39, 0.29) is 47.5 Å². The molecule has 0 radical (unpaired) electrons. The molecule has 54 heavy (non-hydrogen) atoms. The topological polar surface area (TPSA) is 109 Å². The Morgan fingerprint density at radius 1 is 0.741 bits per heavy atom. The van der Waals surface area contributed by atoms with Gasteiger partial charge in [-0.25, -0.2) is 0 Å². The normalized spacial score (nSPS) is 22.9. The molecule has 0 unspecified atom stereocenters. The molecule has 4 atom stereocenters. The Kier molecular flexibility index (Phi) is 21.8. The number of carbonyl (C=O) groups excluding carboxylic acids is 4. The fraction of sp³-hybridized carbons (Fsp3) is 0.860. The molecule has 0 spiro atoms.